The minimum absolute atomic E-state index is 0.112. The highest BCUT2D eigenvalue weighted by atomic mass is 16.7. The summed E-state index contributed by atoms with van der Waals surface area (Å²) in [6.07, 6.45) is 1.74. The van der Waals surface area contributed by atoms with Gasteiger partial charge in [0.1, 0.15) is 0 Å². The molecule has 17 heavy (non-hydrogen) atoms. The molecular weight excluding hydrogens is 218 g/mol. The van der Waals surface area contributed by atoms with Gasteiger partial charge in [-0.1, -0.05) is 13.8 Å². The second-order valence-electron chi connectivity index (χ2n) is 4.20. The molecular formula is C13H29NO3. The van der Waals surface area contributed by atoms with Crippen LogP contribution in [0.5, 0.6) is 0 Å². The zero-order chi connectivity index (χ0) is 12.9. The molecule has 0 radical (unpaired) electrons. The third kappa shape index (κ3) is 12.1. The summed E-state index contributed by atoms with van der Waals surface area (Å²) in [6, 6.07) is 0.551. The van der Waals surface area contributed by atoms with Crippen molar-refractivity contribution in [1.82, 2.24) is 5.32 Å². The second-order valence-corrected chi connectivity index (χ2v) is 4.20. The highest BCUT2D eigenvalue weighted by molar-refractivity contribution is 4.52. The predicted molar refractivity (Wildman–Crippen MR) is 70.2 cm³/mol. The fourth-order valence-corrected chi connectivity index (χ4v) is 1.43. The quantitative estimate of drug-likeness (QED) is 0.424. The van der Waals surface area contributed by atoms with Gasteiger partial charge in [0.2, 0.25) is 0 Å². The number of hydrogen-bond donors (Lipinski definition) is 1. The third-order valence-corrected chi connectivity index (χ3v) is 2.22. The molecule has 0 aromatic carbocycles. The molecule has 4 heteroatoms. The Morgan fingerprint density at radius 2 is 1.65 bits per heavy atom. The highest BCUT2D eigenvalue weighted by Gasteiger charge is 2.06. The third-order valence-electron chi connectivity index (χ3n) is 2.22. The van der Waals surface area contributed by atoms with Crippen molar-refractivity contribution in [3.63, 3.8) is 0 Å². The Balaban J connectivity index is 3.29. The zero-order valence-electron chi connectivity index (χ0n) is 11.8. The Hall–Kier alpha value is -0.160. The Bertz CT molecular complexity index is 148. The van der Waals surface area contributed by atoms with E-state index in [1.54, 1.807) is 0 Å². The Morgan fingerprint density at radius 1 is 1.00 bits per heavy atom. The van der Waals surface area contributed by atoms with Gasteiger partial charge >= 0.3 is 0 Å². The summed E-state index contributed by atoms with van der Waals surface area (Å²) in [5.41, 5.74) is 0. The topological polar surface area (TPSA) is 39.7 Å². The van der Waals surface area contributed by atoms with Gasteiger partial charge in [-0.25, -0.2) is 0 Å². The molecule has 0 aliphatic heterocycles. The SMILES string of the molecule is CCOC(CCOCCCNC(C)C)OCC. The lowest BCUT2D eigenvalue weighted by molar-refractivity contribution is -0.146. The van der Waals surface area contributed by atoms with E-state index in [1.165, 1.54) is 0 Å². The van der Waals surface area contributed by atoms with Crippen LogP contribution in [0.25, 0.3) is 0 Å². The zero-order valence-corrected chi connectivity index (χ0v) is 11.8. The number of nitrogens with one attached hydrogen (secondary N) is 1. The average Bonchev–Trinajstić information content (AvgIpc) is 2.28. The molecule has 0 atom stereocenters. The van der Waals surface area contributed by atoms with Crippen molar-refractivity contribution < 1.29 is 14.2 Å². The minimum Gasteiger partial charge on any atom is -0.381 e. The molecule has 0 bridgehead atoms. The van der Waals surface area contributed by atoms with E-state index in [1.807, 2.05) is 13.8 Å². The van der Waals surface area contributed by atoms with E-state index < -0.39 is 0 Å². The summed E-state index contributed by atoms with van der Waals surface area (Å²) < 4.78 is 16.4. The fraction of sp³-hybridized carbons (Fsp3) is 1.00. The first-order chi connectivity index (χ1) is 8.20. The summed E-state index contributed by atoms with van der Waals surface area (Å²) >= 11 is 0. The van der Waals surface area contributed by atoms with E-state index >= 15 is 0 Å². The normalized spacial score (nSPS) is 11.6. The van der Waals surface area contributed by atoms with Gasteiger partial charge in [-0.2, -0.15) is 0 Å². The molecule has 0 aliphatic rings. The van der Waals surface area contributed by atoms with Crippen molar-refractivity contribution in [3.8, 4) is 0 Å². The highest BCUT2D eigenvalue weighted by Crippen LogP contribution is 2.01. The van der Waals surface area contributed by atoms with Crippen LogP contribution in [0.2, 0.25) is 0 Å². The van der Waals surface area contributed by atoms with Crippen molar-refractivity contribution in [2.45, 2.75) is 52.9 Å². The summed E-state index contributed by atoms with van der Waals surface area (Å²) in [7, 11) is 0. The van der Waals surface area contributed by atoms with Crippen molar-refractivity contribution in [1.29, 1.82) is 0 Å². The molecule has 0 unspecified atom stereocenters. The second kappa shape index (κ2) is 12.3. The van der Waals surface area contributed by atoms with E-state index in [-0.39, 0.29) is 6.29 Å². The lowest BCUT2D eigenvalue weighted by Crippen LogP contribution is -2.25. The first-order valence-electron chi connectivity index (χ1n) is 6.75. The van der Waals surface area contributed by atoms with E-state index in [4.69, 9.17) is 14.2 Å². The summed E-state index contributed by atoms with van der Waals surface area (Å²) in [6.45, 7) is 12.1. The van der Waals surface area contributed by atoms with Crippen molar-refractivity contribution in [3.05, 3.63) is 0 Å². The first kappa shape index (κ1) is 16.8. The standard InChI is InChI=1S/C13H29NO3/c1-5-16-13(17-6-2)8-11-15-10-7-9-14-12(3)4/h12-14H,5-11H2,1-4H3. The molecule has 0 aliphatic carbocycles. The molecule has 0 saturated heterocycles. The number of hydrogen-bond acceptors (Lipinski definition) is 4. The summed E-state index contributed by atoms with van der Waals surface area (Å²) in [4.78, 5) is 0. The van der Waals surface area contributed by atoms with Crippen LogP contribution in [0.1, 0.15) is 40.5 Å². The predicted octanol–water partition coefficient (Wildman–Crippen LogP) is 2.18. The van der Waals surface area contributed by atoms with E-state index in [0.29, 0.717) is 25.9 Å². The maximum Gasteiger partial charge on any atom is 0.159 e. The van der Waals surface area contributed by atoms with Crippen molar-refractivity contribution >= 4 is 0 Å². The van der Waals surface area contributed by atoms with Crippen LogP contribution in [0.3, 0.4) is 0 Å². The molecule has 104 valence electrons. The maximum atomic E-state index is 5.54. The van der Waals surface area contributed by atoms with Crippen LogP contribution in [-0.2, 0) is 14.2 Å². The van der Waals surface area contributed by atoms with Gasteiger partial charge in [0.15, 0.2) is 6.29 Å². The Morgan fingerprint density at radius 3 is 2.18 bits per heavy atom. The Labute approximate surface area is 106 Å². The first-order valence-corrected chi connectivity index (χ1v) is 6.75. The van der Waals surface area contributed by atoms with Crippen LogP contribution < -0.4 is 5.32 Å². The van der Waals surface area contributed by atoms with Crippen LogP contribution in [0.15, 0.2) is 0 Å². The van der Waals surface area contributed by atoms with Crippen molar-refractivity contribution in [2.75, 3.05) is 33.0 Å². The van der Waals surface area contributed by atoms with Crippen LogP contribution in [-0.4, -0.2) is 45.3 Å². The molecule has 0 spiro atoms. The fourth-order valence-electron chi connectivity index (χ4n) is 1.43. The summed E-state index contributed by atoms with van der Waals surface area (Å²) in [5.74, 6) is 0. The van der Waals surface area contributed by atoms with Gasteiger partial charge < -0.3 is 19.5 Å². The molecule has 0 heterocycles. The molecule has 1 N–H and O–H groups in total. The Kier molecular flexibility index (Phi) is 12.2. The maximum absolute atomic E-state index is 5.54. The monoisotopic (exact) mass is 247 g/mol. The molecule has 0 fully saturated rings. The largest absolute Gasteiger partial charge is 0.381 e. The number of ether oxygens (including phenoxy) is 3. The van der Waals surface area contributed by atoms with Crippen LogP contribution in [0, 0.1) is 0 Å². The van der Waals surface area contributed by atoms with E-state index in [2.05, 4.69) is 19.2 Å². The van der Waals surface area contributed by atoms with E-state index in [9.17, 15) is 0 Å². The molecule has 0 rings (SSSR count). The van der Waals surface area contributed by atoms with Gasteiger partial charge in [0, 0.05) is 32.3 Å². The van der Waals surface area contributed by atoms with Crippen molar-refractivity contribution in [2.24, 2.45) is 0 Å². The van der Waals surface area contributed by atoms with Gasteiger partial charge in [-0.3, -0.25) is 0 Å². The van der Waals surface area contributed by atoms with Gasteiger partial charge in [-0.15, -0.1) is 0 Å². The van der Waals surface area contributed by atoms with Gasteiger partial charge in [0.25, 0.3) is 0 Å². The molecule has 4 nitrogen and oxygen atoms in total. The van der Waals surface area contributed by atoms with Gasteiger partial charge in [-0.05, 0) is 26.8 Å². The summed E-state index contributed by atoms with van der Waals surface area (Å²) in [5, 5.41) is 3.36. The average molecular weight is 247 g/mol. The van der Waals surface area contributed by atoms with E-state index in [0.717, 1.165) is 26.0 Å². The van der Waals surface area contributed by atoms with Gasteiger partial charge in [0.05, 0.1) is 6.61 Å². The van der Waals surface area contributed by atoms with Crippen LogP contribution in [0.4, 0.5) is 0 Å². The number of rotatable bonds is 12. The smallest absolute Gasteiger partial charge is 0.159 e. The molecule has 0 aromatic heterocycles. The minimum atomic E-state index is -0.112. The molecule has 0 amide bonds. The van der Waals surface area contributed by atoms with Crippen LogP contribution >= 0.6 is 0 Å². The molecule has 0 aromatic rings. The lowest BCUT2D eigenvalue weighted by atomic mass is 10.3. The lowest BCUT2D eigenvalue weighted by Gasteiger charge is -2.16. The molecule has 0 saturated carbocycles.